The third-order valence-corrected chi connectivity index (χ3v) is 6.39. The predicted molar refractivity (Wildman–Crippen MR) is 123 cm³/mol. The van der Waals surface area contributed by atoms with E-state index >= 15 is 0 Å². The lowest BCUT2D eigenvalue weighted by molar-refractivity contribution is 0.0775. The van der Waals surface area contributed by atoms with Gasteiger partial charge in [0.05, 0.1) is 6.54 Å². The molecule has 4 rings (SSSR count). The van der Waals surface area contributed by atoms with Crippen molar-refractivity contribution in [2.75, 3.05) is 25.9 Å². The molecule has 1 amide bonds. The minimum atomic E-state index is -0.607. The maximum absolute atomic E-state index is 14.1. The molecule has 0 saturated heterocycles. The Kier molecular flexibility index (Phi) is 6.76. The van der Waals surface area contributed by atoms with Gasteiger partial charge in [-0.25, -0.2) is 9.37 Å². The van der Waals surface area contributed by atoms with E-state index in [4.69, 9.17) is 10.5 Å². The molecule has 1 aliphatic carbocycles. The van der Waals surface area contributed by atoms with E-state index in [0.717, 1.165) is 31.4 Å². The molecule has 33 heavy (non-hydrogen) atoms. The molecule has 1 aromatic heterocycles. The fourth-order valence-corrected chi connectivity index (χ4v) is 4.14. The fourth-order valence-electron chi connectivity index (χ4n) is 4.14. The molecule has 1 aliphatic heterocycles. The molecule has 9 heteroatoms. The highest BCUT2D eigenvalue weighted by Gasteiger charge is 2.31. The quantitative estimate of drug-likeness (QED) is 0.645. The first-order chi connectivity index (χ1) is 15.9. The summed E-state index contributed by atoms with van der Waals surface area (Å²) < 4.78 is 20.2. The maximum atomic E-state index is 14.1. The molecular formula is C24H31FN6O2. The van der Waals surface area contributed by atoms with Crippen molar-refractivity contribution < 1.29 is 13.9 Å². The van der Waals surface area contributed by atoms with Crippen molar-refractivity contribution in [3.8, 4) is 5.75 Å². The lowest BCUT2D eigenvalue weighted by Gasteiger charge is -2.32. The molecule has 8 nitrogen and oxygen atoms in total. The molecule has 176 valence electrons. The standard InChI is InChI=1S/C24H31FN6O2/c1-4-16-10-22(23(26)27-12-16)33-15(2)21-11-17(25)8-9-20(21)24(32)30(3)13-18-14-31(29-28-18)19-6-5-7-19/h8-12,15,18-19H,4-7,13-14H2,1-3H3,(H2,26,27). The second kappa shape index (κ2) is 9.72. The number of hydrogen-bond acceptors (Lipinski definition) is 7. The number of likely N-dealkylation sites (N-methyl/N-ethyl adjacent to an activating group) is 1. The van der Waals surface area contributed by atoms with Crippen LogP contribution in [0.5, 0.6) is 5.75 Å². The van der Waals surface area contributed by atoms with Crippen LogP contribution in [0.3, 0.4) is 0 Å². The van der Waals surface area contributed by atoms with Crippen LogP contribution in [0.15, 0.2) is 40.8 Å². The molecule has 0 bridgehead atoms. The maximum Gasteiger partial charge on any atom is 0.254 e. The average Bonchev–Trinajstić information content (AvgIpc) is 3.20. The van der Waals surface area contributed by atoms with Crippen LogP contribution in [-0.2, 0) is 6.42 Å². The van der Waals surface area contributed by atoms with Crippen molar-refractivity contribution in [2.45, 2.75) is 57.7 Å². The number of hydrogen-bond donors (Lipinski definition) is 1. The number of benzene rings is 1. The van der Waals surface area contributed by atoms with Gasteiger partial charge in [-0.05, 0) is 62.4 Å². The molecular weight excluding hydrogens is 423 g/mol. The van der Waals surface area contributed by atoms with Crippen molar-refractivity contribution in [2.24, 2.45) is 10.3 Å². The molecule has 2 atom stereocenters. The van der Waals surface area contributed by atoms with E-state index in [9.17, 15) is 9.18 Å². The van der Waals surface area contributed by atoms with Gasteiger partial charge >= 0.3 is 0 Å². The topological polar surface area (TPSA) is 96.4 Å². The van der Waals surface area contributed by atoms with Crippen LogP contribution in [-0.4, -0.2) is 53.0 Å². The van der Waals surface area contributed by atoms with Gasteiger partial charge in [0.2, 0.25) is 0 Å². The minimum absolute atomic E-state index is 0.0696. The Morgan fingerprint density at radius 2 is 2.15 bits per heavy atom. The number of carbonyl (C=O) groups excluding carboxylic acids is 1. The Hall–Kier alpha value is -3.23. The molecule has 2 heterocycles. The smallest absolute Gasteiger partial charge is 0.254 e. The molecule has 1 fully saturated rings. The number of pyridine rings is 1. The van der Waals surface area contributed by atoms with E-state index in [2.05, 4.69) is 15.3 Å². The van der Waals surface area contributed by atoms with E-state index in [0.29, 0.717) is 29.5 Å². The number of nitrogens with two attached hydrogens (primary N) is 1. The van der Waals surface area contributed by atoms with Crippen molar-refractivity contribution in [3.05, 3.63) is 53.0 Å². The van der Waals surface area contributed by atoms with Gasteiger partial charge in [0.1, 0.15) is 18.0 Å². The van der Waals surface area contributed by atoms with E-state index in [-0.39, 0.29) is 17.8 Å². The largest absolute Gasteiger partial charge is 0.482 e. The number of rotatable bonds is 8. The second-order valence-corrected chi connectivity index (χ2v) is 8.82. The number of halogens is 1. The summed E-state index contributed by atoms with van der Waals surface area (Å²) in [5.74, 6) is 0.0170. The van der Waals surface area contributed by atoms with Gasteiger partial charge in [0.15, 0.2) is 11.6 Å². The summed E-state index contributed by atoms with van der Waals surface area (Å²) in [4.78, 5) is 19.1. The van der Waals surface area contributed by atoms with Crippen LogP contribution >= 0.6 is 0 Å². The fraction of sp³-hybridized carbons (Fsp3) is 0.500. The van der Waals surface area contributed by atoms with Crippen LogP contribution < -0.4 is 10.5 Å². The Labute approximate surface area is 193 Å². The first kappa shape index (κ1) is 22.9. The molecule has 0 spiro atoms. The number of amides is 1. The highest BCUT2D eigenvalue weighted by Crippen LogP contribution is 2.30. The molecule has 2 N–H and O–H groups in total. The van der Waals surface area contributed by atoms with Crippen molar-refractivity contribution in [1.82, 2.24) is 14.9 Å². The first-order valence-corrected chi connectivity index (χ1v) is 11.5. The van der Waals surface area contributed by atoms with Crippen molar-refractivity contribution >= 4 is 11.7 Å². The summed E-state index contributed by atoms with van der Waals surface area (Å²) in [5.41, 5.74) is 7.79. The van der Waals surface area contributed by atoms with Crippen molar-refractivity contribution in [3.63, 3.8) is 0 Å². The normalized spacial score (nSPS) is 18.8. The van der Waals surface area contributed by atoms with Gasteiger partial charge in [0.25, 0.3) is 5.91 Å². The van der Waals surface area contributed by atoms with Gasteiger partial charge in [-0.2, -0.15) is 5.11 Å². The van der Waals surface area contributed by atoms with Gasteiger partial charge in [0, 0.05) is 37.0 Å². The molecule has 1 saturated carbocycles. The van der Waals surface area contributed by atoms with Crippen LogP contribution in [0, 0.1) is 5.82 Å². The third-order valence-electron chi connectivity index (χ3n) is 6.39. The highest BCUT2D eigenvalue weighted by atomic mass is 19.1. The highest BCUT2D eigenvalue weighted by molar-refractivity contribution is 5.95. The molecule has 2 aromatic rings. The van der Waals surface area contributed by atoms with Gasteiger partial charge in [-0.3, -0.25) is 9.80 Å². The Bertz CT molecular complexity index is 1040. The number of carbonyl (C=O) groups is 1. The summed E-state index contributed by atoms with van der Waals surface area (Å²) in [7, 11) is 1.73. The molecule has 0 radical (unpaired) electrons. The van der Waals surface area contributed by atoms with E-state index in [1.807, 2.05) is 18.0 Å². The minimum Gasteiger partial charge on any atom is -0.482 e. The first-order valence-electron chi connectivity index (χ1n) is 11.5. The van der Waals surface area contributed by atoms with E-state index in [1.54, 1.807) is 25.1 Å². The summed E-state index contributed by atoms with van der Waals surface area (Å²) >= 11 is 0. The van der Waals surface area contributed by atoms with Crippen molar-refractivity contribution in [1.29, 1.82) is 0 Å². The zero-order chi connectivity index (χ0) is 23.5. The molecule has 1 aromatic carbocycles. The third kappa shape index (κ3) is 5.07. The monoisotopic (exact) mass is 454 g/mol. The van der Waals surface area contributed by atoms with Crippen LogP contribution in [0.4, 0.5) is 10.2 Å². The number of aromatic nitrogens is 1. The predicted octanol–water partition coefficient (Wildman–Crippen LogP) is 4.18. The molecule has 2 unspecified atom stereocenters. The summed E-state index contributed by atoms with van der Waals surface area (Å²) in [6.45, 7) is 4.94. The SMILES string of the molecule is CCc1cnc(N)c(OC(C)c2cc(F)ccc2C(=O)N(C)CC2CN(C3CCC3)N=N2)c1. The second-order valence-electron chi connectivity index (χ2n) is 8.82. The Balaban J connectivity index is 1.47. The number of nitrogens with zero attached hydrogens (tertiary/aromatic N) is 5. The Morgan fingerprint density at radius 1 is 1.36 bits per heavy atom. The van der Waals surface area contributed by atoms with E-state index < -0.39 is 11.9 Å². The lowest BCUT2D eigenvalue weighted by atomic mass is 9.92. The summed E-state index contributed by atoms with van der Waals surface area (Å²) in [5, 5.41) is 10.7. The van der Waals surface area contributed by atoms with Crippen LogP contribution in [0.2, 0.25) is 0 Å². The van der Waals surface area contributed by atoms with Crippen LogP contribution in [0.25, 0.3) is 0 Å². The van der Waals surface area contributed by atoms with Crippen LogP contribution in [0.1, 0.15) is 60.7 Å². The van der Waals surface area contributed by atoms with Gasteiger partial charge < -0.3 is 15.4 Å². The van der Waals surface area contributed by atoms with Gasteiger partial charge in [-0.1, -0.05) is 12.1 Å². The zero-order valence-corrected chi connectivity index (χ0v) is 19.4. The number of anilines is 1. The summed E-state index contributed by atoms with van der Waals surface area (Å²) in [6, 6.07) is 6.37. The average molecular weight is 455 g/mol. The Morgan fingerprint density at radius 3 is 2.85 bits per heavy atom. The molecule has 2 aliphatic rings. The summed E-state index contributed by atoms with van der Waals surface area (Å²) in [6.07, 6.45) is 5.41. The lowest BCUT2D eigenvalue weighted by Crippen LogP contribution is -2.40. The zero-order valence-electron chi connectivity index (χ0n) is 19.4. The van der Waals surface area contributed by atoms with Gasteiger partial charge in [-0.15, -0.1) is 0 Å². The van der Waals surface area contributed by atoms with E-state index in [1.165, 1.54) is 24.6 Å². The number of ether oxygens (including phenoxy) is 1. The number of aryl methyl sites for hydroxylation is 1. The number of nitrogen functional groups attached to an aromatic ring is 1.